The molecular weight excluding hydrogens is 292 g/mol. The molecule has 116 valence electrons. The Bertz CT molecular complexity index is 783. The lowest BCUT2D eigenvalue weighted by Crippen LogP contribution is -2.28. The third kappa shape index (κ3) is 3.74. The predicted octanol–water partition coefficient (Wildman–Crippen LogP) is 3.37. The summed E-state index contributed by atoms with van der Waals surface area (Å²) < 4.78 is 5.34. The molecule has 0 fully saturated rings. The number of anilines is 1. The summed E-state index contributed by atoms with van der Waals surface area (Å²) in [5.41, 5.74) is 3.13. The SMILES string of the molecule is Cc1ccc(NC(=O)NCc2nccnc2-c2ccco2)cc1. The van der Waals surface area contributed by atoms with E-state index in [1.54, 1.807) is 30.8 Å². The second kappa shape index (κ2) is 6.74. The molecule has 2 aromatic heterocycles. The van der Waals surface area contributed by atoms with Gasteiger partial charge < -0.3 is 15.1 Å². The molecule has 0 unspecified atom stereocenters. The van der Waals surface area contributed by atoms with E-state index in [9.17, 15) is 4.79 Å². The van der Waals surface area contributed by atoms with Crippen LogP contribution in [0, 0.1) is 6.92 Å². The van der Waals surface area contributed by atoms with Gasteiger partial charge in [-0.05, 0) is 31.2 Å². The van der Waals surface area contributed by atoms with Gasteiger partial charge in [0.2, 0.25) is 0 Å². The molecule has 0 atom stereocenters. The van der Waals surface area contributed by atoms with E-state index in [0.717, 1.165) is 11.3 Å². The number of carbonyl (C=O) groups excluding carboxylic acids is 1. The maximum atomic E-state index is 12.0. The molecule has 2 heterocycles. The van der Waals surface area contributed by atoms with Gasteiger partial charge in [0.25, 0.3) is 0 Å². The highest BCUT2D eigenvalue weighted by Gasteiger charge is 2.11. The molecule has 0 saturated carbocycles. The fourth-order valence-electron chi connectivity index (χ4n) is 2.09. The highest BCUT2D eigenvalue weighted by Crippen LogP contribution is 2.19. The number of hydrogen-bond donors (Lipinski definition) is 2. The van der Waals surface area contributed by atoms with Crippen molar-refractivity contribution in [3.8, 4) is 11.5 Å². The number of furan rings is 1. The average Bonchev–Trinajstić information content (AvgIpc) is 3.10. The van der Waals surface area contributed by atoms with E-state index in [4.69, 9.17) is 4.42 Å². The van der Waals surface area contributed by atoms with Crippen molar-refractivity contribution in [1.82, 2.24) is 15.3 Å². The van der Waals surface area contributed by atoms with Gasteiger partial charge in [0.05, 0.1) is 18.5 Å². The zero-order valence-electron chi connectivity index (χ0n) is 12.6. The Morgan fingerprint density at radius 3 is 2.65 bits per heavy atom. The first kappa shape index (κ1) is 14.8. The lowest BCUT2D eigenvalue weighted by Gasteiger charge is -2.09. The van der Waals surface area contributed by atoms with Crippen LogP contribution in [0.2, 0.25) is 0 Å². The number of amides is 2. The topological polar surface area (TPSA) is 80.0 Å². The number of aromatic nitrogens is 2. The van der Waals surface area contributed by atoms with Gasteiger partial charge in [0.15, 0.2) is 5.76 Å². The first-order valence-corrected chi connectivity index (χ1v) is 7.17. The molecule has 0 aliphatic carbocycles. The molecule has 0 aliphatic heterocycles. The van der Waals surface area contributed by atoms with Crippen LogP contribution in [0.25, 0.3) is 11.5 Å². The van der Waals surface area contributed by atoms with E-state index < -0.39 is 0 Å². The molecule has 3 aromatic rings. The molecule has 1 aromatic carbocycles. The molecule has 0 spiro atoms. The molecule has 6 heteroatoms. The Kier molecular flexibility index (Phi) is 4.33. The Balaban J connectivity index is 1.64. The first-order chi connectivity index (χ1) is 11.2. The van der Waals surface area contributed by atoms with Crippen molar-refractivity contribution >= 4 is 11.7 Å². The molecule has 0 radical (unpaired) electrons. The number of hydrogen-bond acceptors (Lipinski definition) is 4. The number of carbonyl (C=O) groups is 1. The summed E-state index contributed by atoms with van der Waals surface area (Å²) in [7, 11) is 0. The van der Waals surface area contributed by atoms with Crippen molar-refractivity contribution in [2.45, 2.75) is 13.5 Å². The number of nitrogens with one attached hydrogen (secondary N) is 2. The van der Waals surface area contributed by atoms with Crippen LogP contribution < -0.4 is 10.6 Å². The van der Waals surface area contributed by atoms with Crippen LogP contribution in [-0.2, 0) is 6.54 Å². The molecule has 3 rings (SSSR count). The second-order valence-corrected chi connectivity index (χ2v) is 5.00. The lowest BCUT2D eigenvalue weighted by molar-refractivity contribution is 0.251. The molecule has 2 amide bonds. The van der Waals surface area contributed by atoms with E-state index >= 15 is 0 Å². The van der Waals surface area contributed by atoms with Crippen LogP contribution in [0.5, 0.6) is 0 Å². The van der Waals surface area contributed by atoms with Crippen LogP contribution in [0.3, 0.4) is 0 Å². The maximum Gasteiger partial charge on any atom is 0.319 e. The Hall–Kier alpha value is -3.15. The van der Waals surface area contributed by atoms with Gasteiger partial charge in [-0.25, -0.2) is 9.78 Å². The van der Waals surface area contributed by atoms with E-state index in [2.05, 4.69) is 20.6 Å². The lowest BCUT2D eigenvalue weighted by atomic mass is 10.2. The minimum Gasteiger partial charge on any atom is -0.463 e. The fraction of sp³-hybridized carbons (Fsp3) is 0.118. The van der Waals surface area contributed by atoms with Crippen LogP contribution in [-0.4, -0.2) is 16.0 Å². The molecule has 23 heavy (non-hydrogen) atoms. The highest BCUT2D eigenvalue weighted by molar-refractivity contribution is 5.89. The Morgan fingerprint density at radius 1 is 1.13 bits per heavy atom. The quantitative estimate of drug-likeness (QED) is 0.774. The van der Waals surface area contributed by atoms with E-state index in [1.165, 1.54) is 0 Å². The summed E-state index contributed by atoms with van der Waals surface area (Å²) >= 11 is 0. The van der Waals surface area contributed by atoms with Crippen molar-refractivity contribution in [3.05, 3.63) is 66.3 Å². The zero-order chi connectivity index (χ0) is 16.1. The van der Waals surface area contributed by atoms with E-state index in [1.807, 2.05) is 31.2 Å². The molecule has 0 aliphatic rings. The van der Waals surface area contributed by atoms with Gasteiger partial charge in [-0.3, -0.25) is 4.98 Å². The summed E-state index contributed by atoms with van der Waals surface area (Å²) in [5, 5.41) is 5.54. The molecular formula is C17H16N4O2. The summed E-state index contributed by atoms with van der Waals surface area (Å²) in [6.07, 6.45) is 4.75. The minimum absolute atomic E-state index is 0.252. The van der Waals surface area contributed by atoms with Crippen LogP contribution in [0.1, 0.15) is 11.3 Å². The third-order valence-corrected chi connectivity index (χ3v) is 3.25. The van der Waals surface area contributed by atoms with Gasteiger partial charge >= 0.3 is 6.03 Å². The monoisotopic (exact) mass is 308 g/mol. The number of urea groups is 1. The number of nitrogens with zero attached hydrogens (tertiary/aromatic N) is 2. The smallest absolute Gasteiger partial charge is 0.319 e. The van der Waals surface area contributed by atoms with Crippen LogP contribution in [0.15, 0.2) is 59.5 Å². The summed E-state index contributed by atoms with van der Waals surface area (Å²) in [6.45, 7) is 2.25. The van der Waals surface area contributed by atoms with Gasteiger partial charge in [-0.15, -0.1) is 0 Å². The Labute approximate surface area is 133 Å². The first-order valence-electron chi connectivity index (χ1n) is 7.17. The second-order valence-electron chi connectivity index (χ2n) is 5.00. The molecule has 0 saturated heterocycles. The summed E-state index contributed by atoms with van der Waals surface area (Å²) in [6, 6.07) is 10.9. The van der Waals surface area contributed by atoms with Crippen molar-refractivity contribution in [2.75, 3.05) is 5.32 Å². The van der Waals surface area contributed by atoms with E-state index in [-0.39, 0.29) is 12.6 Å². The van der Waals surface area contributed by atoms with Gasteiger partial charge in [-0.2, -0.15) is 0 Å². The third-order valence-electron chi connectivity index (χ3n) is 3.25. The van der Waals surface area contributed by atoms with Crippen LogP contribution in [0.4, 0.5) is 10.5 Å². The largest absolute Gasteiger partial charge is 0.463 e. The molecule has 0 bridgehead atoms. The summed E-state index contributed by atoms with van der Waals surface area (Å²) in [5.74, 6) is 0.619. The predicted molar refractivity (Wildman–Crippen MR) is 86.8 cm³/mol. The van der Waals surface area contributed by atoms with Crippen molar-refractivity contribution in [2.24, 2.45) is 0 Å². The number of aryl methyl sites for hydroxylation is 1. The van der Waals surface area contributed by atoms with Crippen molar-refractivity contribution < 1.29 is 9.21 Å². The van der Waals surface area contributed by atoms with Crippen molar-refractivity contribution in [1.29, 1.82) is 0 Å². The van der Waals surface area contributed by atoms with Crippen molar-refractivity contribution in [3.63, 3.8) is 0 Å². The minimum atomic E-state index is -0.301. The maximum absolute atomic E-state index is 12.0. The van der Waals surface area contributed by atoms with Gasteiger partial charge in [0, 0.05) is 18.1 Å². The average molecular weight is 308 g/mol. The summed E-state index contributed by atoms with van der Waals surface area (Å²) in [4.78, 5) is 20.5. The Morgan fingerprint density at radius 2 is 1.91 bits per heavy atom. The van der Waals surface area contributed by atoms with Crippen LogP contribution >= 0.6 is 0 Å². The number of benzene rings is 1. The standard InChI is InChI=1S/C17H16N4O2/c1-12-4-6-13(7-5-12)21-17(22)20-11-14-16(19-9-8-18-14)15-3-2-10-23-15/h2-10H,11H2,1H3,(H2,20,21,22). The normalized spacial score (nSPS) is 10.3. The highest BCUT2D eigenvalue weighted by atomic mass is 16.3. The zero-order valence-corrected chi connectivity index (χ0v) is 12.6. The fourth-order valence-corrected chi connectivity index (χ4v) is 2.09. The molecule has 2 N–H and O–H groups in total. The number of rotatable bonds is 4. The van der Waals surface area contributed by atoms with E-state index in [0.29, 0.717) is 17.1 Å². The molecule has 6 nitrogen and oxygen atoms in total. The van der Waals surface area contributed by atoms with Gasteiger partial charge in [0.1, 0.15) is 5.69 Å². The van der Waals surface area contributed by atoms with Gasteiger partial charge in [-0.1, -0.05) is 17.7 Å².